The Hall–Kier alpha value is -1.44. The third-order valence-corrected chi connectivity index (χ3v) is 7.75. The average molecular weight is 405 g/mol. The van der Waals surface area contributed by atoms with Crippen LogP contribution in [0.3, 0.4) is 0 Å². The molecule has 3 aromatic rings. The van der Waals surface area contributed by atoms with Crippen LogP contribution in [0.25, 0.3) is 10.2 Å². The number of rotatable bonds is 6. The lowest BCUT2D eigenvalue weighted by molar-refractivity contribution is 0.0986. The molecule has 136 valence electrons. The number of hydrogen-bond donors (Lipinski definition) is 1. The molecule has 0 bridgehead atoms. The number of carbonyl (C=O) groups is 1. The molecule has 1 atom stereocenters. The van der Waals surface area contributed by atoms with Crippen molar-refractivity contribution in [3.8, 4) is 0 Å². The summed E-state index contributed by atoms with van der Waals surface area (Å²) in [5.41, 5.74) is 1.20. The second-order valence-corrected chi connectivity index (χ2v) is 9.87. The van der Waals surface area contributed by atoms with Gasteiger partial charge in [0.2, 0.25) is 0 Å². The molecule has 0 spiro atoms. The van der Waals surface area contributed by atoms with Gasteiger partial charge in [0.1, 0.15) is 4.83 Å². The smallest absolute Gasteiger partial charge is 0.260 e. The van der Waals surface area contributed by atoms with Gasteiger partial charge in [-0.2, -0.15) is 0 Å². The van der Waals surface area contributed by atoms with E-state index in [4.69, 9.17) is 0 Å². The zero-order valence-corrected chi connectivity index (χ0v) is 17.0. The van der Waals surface area contributed by atoms with Gasteiger partial charge in [-0.15, -0.1) is 22.7 Å². The summed E-state index contributed by atoms with van der Waals surface area (Å²) in [4.78, 5) is 35.2. The molecule has 0 amide bonds. The predicted molar refractivity (Wildman–Crippen MR) is 110 cm³/mol. The van der Waals surface area contributed by atoms with Crippen molar-refractivity contribution in [1.29, 1.82) is 0 Å². The molecule has 26 heavy (non-hydrogen) atoms. The summed E-state index contributed by atoms with van der Waals surface area (Å²) in [6.07, 6.45) is 4.50. The third kappa shape index (κ3) is 3.66. The molecule has 1 aliphatic rings. The molecule has 0 radical (unpaired) electrons. The number of aromatic nitrogens is 2. The second kappa shape index (κ2) is 7.66. The van der Waals surface area contributed by atoms with E-state index in [1.54, 1.807) is 11.3 Å². The third-order valence-electron chi connectivity index (χ3n) is 4.73. The van der Waals surface area contributed by atoms with Gasteiger partial charge in [0.15, 0.2) is 10.9 Å². The van der Waals surface area contributed by atoms with Crippen molar-refractivity contribution < 1.29 is 4.79 Å². The molecular formula is C19H20N2O2S3. The number of nitrogens with one attached hydrogen (secondary N) is 1. The highest BCUT2D eigenvalue weighted by atomic mass is 32.2. The van der Waals surface area contributed by atoms with Crippen molar-refractivity contribution in [3.05, 3.63) is 43.2 Å². The topological polar surface area (TPSA) is 62.8 Å². The fraction of sp³-hybridized carbons (Fsp3) is 0.421. The zero-order chi connectivity index (χ0) is 18.1. The van der Waals surface area contributed by atoms with E-state index < -0.39 is 0 Å². The van der Waals surface area contributed by atoms with E-state index in [0.29, 0.717) is 17.5 Å². The maximum atomic E-state index is 12.6. The summed E-state index contributed by atoms with van der Waals surface area (Å²) in [7, 11) is 0. The molecule has 1 aliphatic carbocycles. The van der Waals surface area contributed by atoms with E-state index >= 15 is 0 Å². The maximum absolute atomic E-state index is 12.6. The Balaban J connectivity index is 1.43. The molecule has 3 heterocycles. The summed E-state index contributed by atoms with van der Waals surface area (Å²) < 4.78 is 0. The number of ketones is 1. The van der Waals surface area contributed by atoms with Crippen LogP contribution in [-0.4, -0.2) is 21.5 Å². The second-order valence-electron chi connectivity index (χ2n) is 6.76. The van der Waals surface area contributed by atoms with Crippen molar-refractivity contribution >= 4 is 50.4 Å². The van der Waals surface area contributed by atoms with Crippen LogP contribution in [0.15, 0.2) is 27.5 Å². The number of hydrogen-bond acceptors (Lipinski definition) is 6. The molecule has 0 saturated heterocycles. The van der Waals surface area contributed by atoms with Crippen LogP contribution in [0.1, 0.15) is 46.3 Å². The van der Waals surface area contributed by atoms with E-state index in [9.17, 15) is 9.59 Å². The molecule has 0 aromatic carbocycles. The fourth-order valence-electron chi connectivity index (χ4n) is 3.36. The Morgan fingerprint density at radius 3 is 3.15 bits per heavy atom. The Morgan fingerprint density at radius 2 is 2.35 bits per heavy atom. The molecule has 0 aliphatic heterocycles. The number of aromatic amines is 1. The van der Waals surface area contributed by atoms with Crippen LogP contribution in [0.4, 0.5) is 0 Å². The highest BCUT2D eigenvalue weighted by molar-refractivity contribution is 7.99. The molecule has 3 aromatic heterocycles. The first-order chi connectivity index (χ1) is 12.6. The summed E-state index contributed by atoms with van der Waals surface area (Å²) in [6, 6.07) is 3.77. The monoisotopic (exact) mass is 404 g/mol. The van der Waals surface area contributed by atoms with Crippen LogP contribution in [0.5, 0.6) is 0 Å². The lowest BCUT2D eigenvalue weighted by Gasteiger charge is -2.17. The number of nitrogens with zero attached hydrogens (tertiary/aromatic N) is 1. The van der Waals surface area contributed by atoms with E-state index in [1.165, 1.54) is 33.5 Å². The molecule has 0 saturated carbocycles. The van der Waals surface area contributed by atoms with Crippen LogP contribution < -0.4 is 5.56 Å². The normalized spacial score (nSPS) is 16.7. The van der Waals surface area contributed by atoms with Gasteiger partial charge < -0.3 is 4.98 Å². The average Bonchev–Trinajstić information content (AvgIpc) is 3.25. The van der Waals surface area contributed by atoms with Crippen molar-refractivity contribution in [2.45, 2.75) is 44.2 Å². The maximum Gasteiger partial charge on any atom is 0.260 e. The minimum atomic E-state index is -0.0146. The lowest BCUT2D eigenvalue weighted by atomic mass is 9.89. The number of aryl methyl sites for hydroxylation is 1. The van der Waals surface area contributed by atoms with Crippen molar-refractivity contribution in [1.82, 2.24) is 9.97 Å². The molecule has 4 nitrogen and oxygen atoms in total. The molecule has 4 rings (SSSR count). The number of Topliss-reactive ketones (excluding diaryl/α,β-unsaturated/α-hetero) is 1. The summed E-state index contributed by atoms with van der Waals surface area (Å²) in [5.74, 6) is 1.65. The largest absolute Gasteiger partial charge is 0.301 e. The number of thiophene rings is 2. The first kappa shape index (κ1) is 17.9. The fourth-order valence-corrected chi connectivity index (χ4v) is 6.30. The van der Waals surface area contributed by atoms with E-state index in [1.807, 2.05) is 17.5 Å². The number of carbonyl (C=O) groups excluding carboxylic acids is 1. The van der Waals surface area contributed by atoms with E-state index in [0.717, 1.165) is 46.5 Å². The Labute approximate surface area is 164 Å². The SMILES string of the molecule is C[C@@H]1CCc2c(sc3nc(SCCCC(=O)c4cccs4)[nH]c(=O)c23)C1. The van der Waals surface area contributed by atoms with Gasteiger partial charge in [0.05, 0.1) is 10.3 Å². The zero-order valence-electron chi connectivity index (χ0n) is 14.5. The Bertz CT molecular complexity index is 988. The summed E-state index contributed by atoms with van der Waals surface area (Å²) >= 11 is 4.69. The van der Waals surface area contributed by atoms with Gasteiger partial charge in [0, 0.05) is 17.1 Å². The number of fused-ring (bicyclic) bond motifs is 3. The number of thioether (sulfide) groups is 1. The van der Waals surface area contributed by atoms with E-state index in [2.05, 4.69) is 16.9 Å². The van der Waals surface area contributed by atoms with Crippen molar-refractivity contribution in [2.24, 2.45) is 5.92 Å². The molecule has 0 fully saturated rings. The first-order valence-corrected chi connectivity index (χ1v) is 11.5. The molecule has 1 N–H and O–H groups in total. The van der Waals surface area contributed by atoms with E-state index in [-0.39, 0.29) is 11.3 Å². The Morgan fingerprint density at radius 1 is 1.46 bits per heavy atom. The minimum absolute atomic E-state index is 0.0146. The van der Waals surface area contributed by atoms with Gasteiger partial charge >= 0.3 is 0 Å². The van der Waals surface area contributed by atoms with Crippen LogP contribution in [0.2, 0.25) is 0 Å². The van der Waals surface area contributed by atoms with Crippen molar-refractivity contribution in [2.75, 3.05) is 5.75 Å². The number of H-pyrrole nitrogens is 1. The molecule has 7 heteroatoms. The molecular weight excluding hydrogens is 384 g/mol. The van der Waals surface area contributed by atoms with Gasteiger partial charge in [-0.05, 0) is 48.6 Å². The van der Waals surface area contributed by atoms with Crippen LogP contribution in [-0.2, 0) is 12.8 Å². The van der Waals surface area contributed by atoms with Crippen LogP contribution in [0, 0.1) is 5.92 Å². The highest BCUT2D eigenvalue weighted by Crippen LogP contribution is 2.36. The standard InChI is InChI=1S/C19H20N2O2S3/c1-11-6-7-12-15(10-11)26-18-16(12)17(23)20-19(21-18)25-9-2-4-13(22)14-5-3-8-24-14/h3,5,8,11H,2,4,6-7,9-10H2,1H3,(H,20,21,23)/t11-/m1/s1. The van der Waals surface area contributed by atoms with Gasteiger partial charge in [-0.25, -0.2) is 4.98 Å². The quantitative estimate of drug-likeness (QED) is 0.274. The van der Waals surface area contributed by atoms with Gasteiger partial charge in [-0.1, -0.05) is 24.8 Å². The minimum Gasteiger partial charge on any atom is -0.301 e. The van der Waals surface area contributed by atoms with Crippen molar-refractivity contribution in [3.63, 3.8) is 0 Å². The molecule has 0 unspecified atom stereocenters. The van der Waals surface area contributed by atoms with Crippen LogP contribution >= 0.6 is 34.4 Å². The highest BCUT2D eigenvalue weighted by Gasteiger charge is 2.23. The summed E-state index contributed by atoms with van der Waals surface area (Å²) in [6.45, 7) is 2.27. The summed E-state index contributed by atoms with van der Waals surface area (Å²) in [5, 5.41) is 3.39. The van der Waals surface area contributed by atoms with Gasteiger partial charge in [0.25, 0.3) is 5.56 Å². The van der Waals surface area contributed by atoms with Gasteiger partial charge in [-0.3, -0.25) is 9.59 Å². The first-order valence-electron chi connectivity index (χ1n) is 8.86. The lowest BCUT2D eigenvalue weighted by Crippen LogP contribution is -2.13. The Kier molecular flexibility index (Phi) is 5.29. The predicted octanol–water partition coefficient (Wildman–Crippen LogP) is 4.93.